The summed E-state index contributed by atoms with van der Waals surface area (Å²) in [6, 6.07) is 3.58. The van der Waals surface area contributed by atoms with Gasteiger partial charge in [-0.1, -0.05) is 47.0 Å². The third-order valence-electron chi connectivity index (χ3n) is 9.04. The molecule has 0 bridgehead atoms. The predicted octanol–water partition coefficient (Wildman–Crippen LogP) is 5.39. The fourth-order valence-corrected chi connectivity index (χ4v) is 31.2. The van der Waals surface area contributed by atoms with Gasteiger partial charge >= 0.3 is 43.6 Å². The Bertz CT molecular complexity index is 910. The van der Waals surface area contributed by atoms with Gasteiger partial charge in [0.25, 0.3) is 25.4 Å². The molecule has 0 spiro atoms. The van der Waals surface area contributed by atoms with E-state index in [9.17, 15) is 0 Å². The van der Waals surface area contributed by atoms with Gasteiger partial charge in [-0.3, -0.25) is 18.6 Å². The van der Waals surface area contributed by atoms with Gasteiger partial charge in [-0.15, -0.1) is 0 Å². The maximum Gasteiger partial charge on any atom is 0.421 e. The minimum absolute atomic E-state index is 0.875. The molecule has 0 aromatic heterocycles. The molecule has 0 fully saturated rings. The van der Waals surface area contributed by atoms with Crippen molar-refractivity contribution in [3.05, 3.63) is 0 Å². The zero-order chi connectivity index (χ0) is 45.0. The van der Waals surface area contributed by atoms with Crippen LogP contribution in [0.25, 0.3) is 0 Å². The van der Waals surface area contributed by atoms with Gasteiger partial charge in [0, 0.05) is 117 Å². The Morgan fingerprint density at radius 3 is 0.714 bits per heavy atom. The molecular weight excluding hydrogens is 861 g/mol. The zero-order valence-corrected chi connectivity index (χ0v) is 48.3. The van der Waals surface area contributed by atoms with Crippen LogP contribution in [-0.4, -0.2) is 161 Å². The van der Waals surface area contributed by atoms with Crippen LogP contribution in [0.1, 0.15) is 47.0 Å². The molecule has 4 N–H and O–H groups in total. The minimum atomic E-state index is -2.40. The highest BCUT2D eigenvalue weighted by Crippen LogP contribution is 2.19. The number of hydrogen-bond acceptors (Lipinski definition) is 17. The van der Waals surface area contributed by atoms with Crippen molar-refractivity contribution in [3.8, 4) is 0 Å². The first-order valence-electron chi connectivity index (χ1n) is 19.2. The molecule has 0 saturated carbocycles. The van der Waals surface area contributed by atoms with Gasteiger partial charge in [0.05, 0.1) is 0 Å². The summed E-state index contributed by atoms with van der Waals surface area (Å²) in [5.74, 6) is 0. The SMILES string of the molecule is CCC[Si](N[Si](C)(C)OC)(OC)OC.CCC[Si](N[Si](CCC)(OC)OC)(OC)OC.CC[Si](N[Si](C)(C)OC)(OC)OC.CO[Si](C)(C)N[Si](C)(OC)OC. The van der Waals surface area contributed by atoms with Crippen molar-refractivity contribution in [2.24, 2.45) is 0 Å². The van der Waals surface area contributed by atoms with Crippen LogP contribution in [0.3, 0.4) is 0 Å². The highest BCUT2D eigenvalue weighted by molar-refractivity contribution is 6.85. The van der Waals surface area contributed by atoms with Gasteiger partial charge in [0.1, 0.15) is 0 Å². The third-order valence-corrected chi connectivity index (χ3v) is 38.5. The molecule has 0 aliphatic carbocycles. The van der Waals surface area contributed by atoms with Gasteiger partial charge in [-0.2, -0.15) is 0 Å². The Morgan fingerprint density at radius 2 is 0.518 bits per heavy atom. The quantitative estimate of drug-likeness (QED) is 0.0737. The molecule has 0 aromatic rings. The zero-order valence-electron chi connectivity index (χ0n) is 40.3. The summed E-state index contributed by atoms with van der Waals surface area (Å²) in [6.07, 6.45) is 3.06. The maximum absolute atomic E-state index is 5.61. The molecular formula is C31H90N4O13Si8. The van der Waals surface area contributed by atoms with Crippen LogP contribution < -0.4 is 18.6 Å². The summed E-state index contributed by atoms with van der Waals surface area (Å²) in [6.45, 7) is 22.9. The van der Waals surface area contributed by atoms with E-state index < -0.39 is 69.0 Å². The topological polar surface area (TPSA) is 168 Å². The second kappa shape index (κ2) is 31.8. The Balaban J connectivity index is -0.000000325. The standard InChI is InChI=1S/C10H27NO4Si2.C8H23NO3Si2.C7H21NO3Si2.C6H19NO3Si2/c1-7-9-16(12-3,13-4)11-17(14-5,15-6)10-8-2;1-7-8-14(11-3,12-4)9-13(5,6)10-2;1-7-13(10-3,11-4)8-12(5,6)9-2;1-8-11(4,5)7-12(6,9-2)10-3/h11H,7-10H2,1-6H3;9H,7-8H2,1-6H3;8H,7H2,1-6H3;7H,1-6H3. The second-order valence-corrected chi connectivity index (χ2v) is 42.7. The van der Waals surface area contributed by atoms with Crippen molar-refractivity contribution in [2.75, 3.05) is 92.4 Å². The van der Waals surface area contributed by atoms with Gasteiger partial charge < -0.3 is 57.5 Å². The normalized spacial score (nSPS) is 13.3. The summed E-state index contributed by atoms with van der Waals surface area (Å²) in [4.78, 5) is 0. The smallest absolute Gasteiger partial charge is 0.407 e. The highest BCUT2D eigenvalue weighted by atomic mass is 28.5. The largest absolute Gasteiger partial charge is 0.421 e. The molecule has 0 aliphatic heterocycles. The molecule has 25 heteroatoms. The molecule has 0 saturated heterocycles. The summed E-state index contributed by atoms with van der Waals surface area (Å²) in [5.41, 5.74) is 0. The fraction of sp³-hybridized carbons (Fsp3) is 1.00. The minimum Gasteiger partial charge on any atom is -0.407 e. The average molecular weight is 952 g/mol. The Kier molecular flexibility index (Phi) is 36.2. The van der Waals surface area contributed by atoms with Gasteiger partial charge in [0.2, 0.25) is 0 Å². The van der Waals surface area contributed by atoms with Crippen molar-refractivity contribution >= 4 is 69.0 Å². The third kappa shape index (κ3) is 25.7. The fourth-order valence-electron chi connectivity index (χ4n) is 5.00. The molecule has 56 heavy (non-hydrogen) atoms. The Morgan fingerprint density at radius 1 is 0.286 bits per heavy atom. The van der Waals surface area contributed by atoms with E-state index in [1.807, 2.05) is 6.55 Å². The van der Waals surface area contributed by atoms with E-state index in [-0.39, 0.29) is 0 Å². The van der Waals surface area contributed by atoms with E-state index in [0.29, 0.717) is 0 Å². The van der Waals surface area contributed by atoms with Crippen molar-refractivity contribution in [2.45, 2.75) is 117 Å². The van der Waals surface area contributed by atoms with Gasteiger partial charge in [-0.05, 0) is 45.8 Å². The molecule has 0 aliphatic rings. The van der Waals surface area contributed by atoms with E-state index in [0.717, 1.165) is 43.4 Å². The van der Waals surface area contributed by atoms with Crippen molar-refractivity contribution in [1.29, 1.82) is 0 Å². The predicted molar refractivity (Wildman–Crippen MR) is 247 cm³/mol. The number of nitrogens with one attached hydrogen (secondary N) is 4. The summed E-state index contributed by atoms with van der Waals surface area (Å²) in [5, 5.41) is 0. The number of hydrogen-bond donors (Lipinski definition) is 4. The van der Waals surface area contributed by atoms with E-state index in [2.05, 4.69) is 85.6 Å². The van der Waals surface area contributed by atoms with E-state index >= 15 is 0 Å². The first kappa shape index (κ1) is 63.7. The molecule has 0 radical (unpaired) electrons. The van der Waals surface area contributed by atoms with Crippen LogP contribution in [0.2, 0.25) is 70.0 Å². The van der Waals surface area contributed by atoms with Gasteiger partial charge in [0.15, 0.2) is 0 Å². The lowest BCUT2D eigenvalue weighted by molar-refractivity contribution is 0.199. The molecule has 0 rings (SSSR count). The molecule has 0 heterocycles. The van der Waals surface area contributed by atoms with Crippen LogP contribution in [0.15, 0.2) is 0 Å². The lowest BCUT2D eigenvalue weighted by Gasteiger charge is -2.36. The average Bonchev–Trinajstić information content (AvgIpc) is 3.19. The van der Waals surface area contributed by atoms with Crippen LogP contribution >= 0.6 is 0 Å². The highest BCUT2D eigenvalue weighted by Gasteiger charge is 2.48. The van der Waals surface area contributed by atoms with Crippen molar-refractivity contribution < 1.29 is 57.5 Å². The van der Waals surface area contributed by atoms with Crippen LogP contribution in [-0.2, 0) is 57.5 Å². The van der Waals surface area contributed by atoms with E-state index in [1.54, 1.807) is 92.4 Å². The van der Waals surface area contributed by atoms with Gasteiger partial charge in [-0.25, -0.2) is 0 Å². The molecule has 0 amide bonds. The second-order valence-electron chi connectivity index (χ2n) is 14.2. The first-order valence-corrected chi connectivity index (χ1v) is 38.3. The summed E-state index contributed by atoms with van der Waals surface area (Å²) >= 11 is 0. The molecule has 0 unspecified atom stereocenters. The van der Waals surface area contributed by atoms with E-state index in [4.69, 9.17) is 57.5 Å². The maximum atomic E-state index is 5.61. The van der Waals surface area contributed by atoms with E-state index in [1.165, 1.54) is 0 Å². The Labute approximate surface area is 353 Å². The molecule has 17 nitrogen and oxygen atoms in total. The van der Waals surface area contributed by atoms with Crippen LogP contribution in [0.5, 0.6) is 0 Å². The molecule has 344 valence electrons. The van der Waals surface area contributed by atoms with Crippen LogP contribution in [0.4, 0.5) is 0 Å². The number of rotatable bonds is 28. The molecule has 0 aromatic carbocycles. The molecule has 0 atom stereocenters. The summed E-state index contributed by atoms with van der Waals surface area (Å²) < 4.78 is 84.8. The van der Waals surface area contributed by atoms with Crippen molar-refractivity contribution in [3.63, 3.8) is 0 Å². The first-order chi connectivity index (χ1) is 25.9. The van der Waals surface area contributed by atoms with Crippen LogP contribution in [0, 0.1) is 0 Å². The lowest BCUT2D eigenvalue weighted by Crippen LogP contribution is -2.69. The summed E-state index contributed by atoms with van der Waals surface area (Å²) in [7, 11) is 5.22. The lowest BCUT2D eigenvalue weighted by atomic mass is 10.6. The monoisotopic (exact) mass is 950 g/mol. The Hall–Kier alpha value is 1.06. The van der Waals surface area contributed by atoms with Crippen molar-refractivity contribution in [1.82, 2.24) is 18.6 Å².